The van der Waals surface area contributed by atoms with Crippen LogP contribution in [0.1, 0.15) is 48.3 Å². The number of benzene rings is 2. The molecule has 0 spiro atoms. The number of carbonyl (C=O) groups is 1. The van der Waals surface area contributed by atoms with Crippen molar-refractivity contribution in [3.05, 3.63) is 71.3 Å². The third kappa shape index (κ3) is 2.46. The Morgan fingerprint density at radius 2 is 1.57 bits per heavy atom. The Morgan fingerprint density at radius 1 is 0.952 bits per heavy atom. The third-order valence-corrected chi connectivity index (χ3v) is 4.10. The molecule has 1 aliphatic heterocycles. The van der Waals surface area contributed by atoms with Crippen LogP contribution in [0.25, 0.3) is 0 Å². The van der Waals surface area contributed by atoms with Crippen LogP contribution >= 0.6 is 0 Å². The number of hydrogen-bond donors (Lipinski definition) is 0. The lowest BCUT2D eigenvalue weighted by molar-refractivity contribution is 0.0537. The molecule has 0 saturated heterocycles. The van der Waals surface area contributed by atoms with Gasteiger partial charge in [0.05, 0.1) is 6.04 Å². The summed E-state index contributed by atoms with van der Waals surface area (Å²) in [6.45, 7) is 7.29. The lowest BCUT2D eigenvalue weighted by Crippen LogP contribution is -2.37. The van der Waals surface area contributed by atoms with Gasteiger partial charge in [0.1, 0.15) is 0 Å². The predicted molar refractivity (Wildman–Crippen MR) is 85.0 cm³/mol. The van der Waals surface area contributed by atoms with E-state index in [1.807, 2.05) is 41.3 Å². The molecule has 0 aliphatic carbocycles. The number of fused-ring (bicyclic) bond motifs is 1. The van der Waals surface area contributed by atoms with E-state index in [0.717, 1.165) is 11.1 Å². The summed E-state index contributed by atoms with van der Waals surface area (Å²) in [5.41, 5.74) is 3.17. The van der Waals surface area contributed by atoms with E-state index >= 15 is 0 Å². The van der Waals surface area contributed by atoms with Crippen LogP contribution in [0, 0.1) is 5.41 Å². The molecule has 0 N–H and O–H groups in total. The number of amides is 1. The Balaban J connectivity index is 2.03. The van der Waals surface area contributed by atoms with Crippen molar-refractivity contribution in [3.8, 4) is 0 Å². The first-order chi connectivity index (χ1) is 9.98. The summed E-state index contributed by atoms with van der Waals surface area (Å²) >= 11 is 0. The summed E-state index contributed by atoms with van der Waals surface area (Å²) in [6.07, 6.45) is 0. The molecule has 1 atom stereocenters. The highest BCUT2D eigenvalue weighted by atomic mass is 16.2. The molecule has 0 unspecified atom stereocenters. The van der Waals surface area contributed by atoms with Crippen LogP contribution < -0.4 is 0 Å². The van der Waals surface area contributed by atoms with Crippen LogP contribution in [-0.2, 0) is 6.54 Å². The van der Waals surface area contributed by atoms with Gasteiger partial charge in [0.2, 0.25) is 0 Å². The van der Waals surface area contributed by atoms with Crippen molar-refractivity contribution in [1.29, 1.82) is 0 Å². The second-order valence-electron chi connectivity index (χ2n) is 6.77. The van der Waals surface area contributed by atoms with E-state index in [1.54, 1.807) is 0 Å². The van der Waals surface area contributed by atoms with Crippen molar-refractivity contribution in [2.75, 3.05) is 0 Å². The first kappa shape index (κ1) is 13.9. The quantitative estimate of drug-likeness (QED) is 0.796. The molecule has 2 nitrogen and oxygen atoms in total. The van der Waals surface area contributed by atoms with E-state index in [1.165, 1.54) is 5.56 Å². The zero-order chi connectivity index (χ0) is 15.0. The topological polar surface area (TPSA) is 20.3 Å². The molecule has 1 aliphatic rings. The molecule has 1 heterocycles. The molecule has 2 aromatic carbocycles. The Morgan fingerprint density at radius 3 is 2.19 bits per heavy atom. The minimum atomic E-state index is -0.0148. The fourth-order valence-corrected chi connectivity index (χ4v) is 3.27. The van der Waals surface area contributed by atoms with Crippen LogP contribution in [0.3, 0.4) is 0 Å². The largest absolute Gasteiger partial charge is 0.327 e. The van der Waals surface area contributed by atoms with Gasteiger partial charge in [0, 0.05) is 12.1 Å². The lowest BCUT2D eigenvalue weighted by atomic mass is 9.81. The minimum Gasteiger partial charge on any atom is -0.327 e. The van der Waals surface area contributed by atoms with Gasteiger partial charge in [-0.05, 0) is 22.6 Å². The van der Waals surface area contributed by atoms with E-state index in [0.29, 0.717) is 6.54 Å². The van der Waals surface area contributed by atoms with Crippen LogP contribution in [-0.4, -0.2) is 10.8 Å². The summed E-state index contributed by atoms with van der Waals surface area (Å²) in [5, 5.41) is 0. The van der Waals surface area contributed by atoms with E-state index < -0.39 is 0 Å². The standard InChI is InChI=1S/C19H21NO/c1-19(2,3)17(14-9-5-4-6-10-14)20-13-15-11-7-8-12-16(15)18(20)21/h4-12,17H,13H2,1-3H3/t17-/m1/s1. The smallest absolute Gasteiger partial charge is 0.255 e. The van der Waals surface area contributed by atoms with Crippen molar-refractivity contribution in [3.63, 3.8) is 0 Å². The second kappa shape index (κ2) is 5.03. The predicted octanol–water partition coefficient (Wildman–Crippen LogP) is 4.43. The van der Waals surface area contributed by atoms with E-state index in [9.17, 15) is 4.79 Å². The fourth-order valence-electron chi connectivity index (χ4n) is 3.27. The Bertz CT molecular complexity index is 655. The molecular weight excluding hydrogens is 258 g/mol. The normalized spacial score (nSPS) is 16.0. The van der Waals surface area contributed by atoms with E-state index in [4.69, 9.17) is 0 Å². The first-order valence-electron chi connectivity index (χ1n) is 7.42. The summed E-state index contributed by atoms with van der Waals surface area (Å²) in [7, 11) is 0. The summed E-state index contributed by atoms with van der Waals surface area (Å²) in [5.74, 6) is 0.148. The fraction of sp³-hybridized carbons (Fsp3) is 0.316. The highest BCUT2D eigenvalue weighted by Crippen LogP contribution is 2.41. The van der Waals surface area contributed by atoms with Gasteiger partial charge >= 0.3 is 0 Å². The SMILES string of the molecule is CC(C)(C)[C@@H](c1ccccc1)N1Cc2ccccc2C1=O. The van der Waals surface area contributed by atoms with Gasteiger partial charge in [-0.2, -0.15) is 0 Å². The molecule has 0 bridgehead atoms. The van der Waals surface area contributed by atoms with Crippen LogP contribution in [0.5, 0.6) is 0 Å². The summed E-state index contributed by atoms with van der Waals surface area (Å²) in [6, 6.07) is 18.4. The first-order valence-corrected chi connectivity index (χ1v) is 7.42. The Kier molecular flexibility index (Phi) is 3.32. The maximum atomic E-state index is 12.8. The van der Waals surface area contributed by atoms with Gasteiger partial charge in [0.25, 0.3) is 5.91 Å². The highest BCUT2D eigenvalue weighted by molar-refractivity contribution is 5.98. The molecule has 1 amide bonds. The monoisotopic (exact) mass is 279 g/mol. The van der Waals surface area contributed by atoms with Crippen molar-refractivity contribution in [2.45, 2.75) is 33.4 Å². The lowest BCUT2D eigenvalue weighted by Gasteiger charge is -2.38. The number of hydrogen-bond acceptors (Lipinski definition) is 1. The molecule has 3 rings (SSSR count). The van der Waals surface area contributed by atoms with E-state index in [2.05, 4.69) is 39.0 Å². The second-order valence-corrected chi connectivity index (χ2v) is 6.77. The highest BCUT2D eigenvalue weighted by Gasteiger charge is 2.39. The number of rotatable bonds is 2. The maximum absolute atomic E-state index is 12.8. The van der Waals surface area contributed by atoms with Gasteiger partial charge in [-0.1, -0.05) is 69.3 Å². The number of carbonyl (C=O) groups excluding carboxylic acids is 1. The Hall–Kier alpha value is -2.09. The van der Waals surface area contributed by atoms with Crippen molar-refractivity contribution >= 4 is 5.91 Å². The van der Waals surface area contributed by atoms with Gasteiger partial charge in [-0.25, -0.2) is 0 Å². The van der Waals surface area contributed by atoms with Crippen LogP contribution in [0.4, 0.5) is 0 Å². The maximum Gasteiger partial charge on any atom is 0.255 e. The number of nitrogens with zero attached hydrogens (tertiary/aromatic N) is 1. The van der Waals surface area contributed by atoms with Gasteiger partial charge in [-0.15, -0.1) is 0 Å². The Labute approximate surface area is 126 Å². The molecule has 0 radical (unpaired) electrons. The molecule has 21 heavy (non-hydrogen) atoms. The molecular formula is C19H21NO. The summed E-state index contributed by atoms with van der Waals surface area (Å²) < 4.78 is 0. The summed E-state index contributed by atoms with van der Waals surface area (Å²) in [4.78, 5) is 14.8. The van der Waals surface area contributed by atoms with Crippen molar-refractivity contribution < 1.29 is 4.79 Å². The molecule has 2 aromatic rings. The molecule has 0 aromatic heterocycles. The van der Waals surface area contributed by atoms with Gasteiger partial charge in [-0.3, -0.25) is 4.79 Å². The van der Waals surface area contributed by atoms with Gasteiger partial charge < -0.3 is 4.90 Å². The zero-order valence-electron chi connectivity index (χ0n) is 12.8. The van der Waals surface area contributed by atoms with Gasteiger partial charge in [0.15, 0.2) is 0 Å². The molecule has 108 valence electrons. The molecule has 0 fully saturated rings. The molecule has 0 saturated carbocycles. The molecule has 2 heteroatoms. The average molecular weight is 279 g/mol. The van der Waals surface area contributed by atoms with Crippen molar-refractivity contribution in [2.24, 2.45) is 5.41 Å². The minimum absolute atomic E-state index is 0.0148. The zero-order valence-corrected chi connectivity index (χ0v) is 12.8. The van der Waals surface area contributed by atoms with Crippen molar-refractivity contribution in [1.82, 2.24) is 4.90 Å². The average Bonchev–Trinajstić information content (AvgIpc) is 2.77. The van der Waals surface area contributed by atoms with E-state index in [-0.39, 0.29) is 17.4 Å². The van der Waals surface area contributed by atoms with Crippen LogP contribution in [0.15, 0.2) is 54.6 Å². The third-order valence-electron chi connectivity index (χ3n) is 4.10. The van der Waals surface area contributed by atoms with Crippen LogP contribution in [0.2, 0.25) is 0 Å².